The Kier molecular flexibility index (Phi) is 18.5. The van der Waals surface area contributed by atoms with Gasteiger partial charge in [0.1, 0.15) is 5.60 Å². The molecule has 0 aromatic heterocycles. The molecule has 0 unspecified atom stereocenters. The van der Waals surface area contributed by atoms with Gasteiger partial charge in [0, 0.05) is 31.0 Å². The van der Waals surface area contributed by atoms with E-state index in [0.717, 1.165) is 0 Å². The summed E-state index contributed by atoms with van der Waals surface area (Å²) in [6.07, 6.45) is 0.417. The average Bonchev–Trinajstić information content (AvgIpc) is 2.69. The lowest BCUT2D eigenvalue weighted by Crippen LogP contribution is -2.34. The van der Waals surface area contributed by atoms with Crippen molar-refractivity contribution < 1.29 is 33.3 Å². The summed E-state index contributed by atoms with van der Waals surface area (Å²) < 4.78 is 26.3. The molecule has 2 N–H and O–H groups in total. The van der Waals surface area contributed by atoms with Crippen molar-refractivity contribution in [2.75, 3.05) is 72.5 Å². The van der Waals surface area contributed by atoms with E-state index in [4.69, 9.17) is 29.2 Å². The Labute approximate surface area is 183 Å². The number of ether oxygens (including phenoxy) is 5. The van der Waals surface area contributed by atoms with Gasteiger partial charge >= 0.3 is 6.09 Å². The molecule has 0 bridgehead atoms. The van der Waals surface area contributed by atoms with Gasteiger partial charge in [0.25, 0.3) is 0 Å². The Morgan fingerprint density at radius 2 is 1.35 bits per heavy atom. The van der Waals surface area contributed by atoms with Crippen LogP contribution in [-0.4, -0.2) is 90.1 Å². The van der Waals surface area contributed by atoms with Crippen molar-refractivity contribution in [1.82, 2.24) is 10.6 Å². The van der Waals surface area contributed by atoms with Crippen LogP contribution in [0.3, 0.4) is 0 Å². The molecule has 0 aliphatic heterocycles. The number of hydrogen-bond donors (Lipinski definition) is 2. The Morgan fingerprint density at radius 1 is 0.839 bits per heavy atom. The molecule has 31 heavy (non-hydrogen) atoms. The van der Waals surface area contributed by atoms with E-state index in [2.05, 4.69) is 20.7 Å². The van der Waals surface area contributed by atoms with E-state index in [1.807, 2.05) is 0 Å². The van der Waals surface area contributed by atoms with Gasteiger partial charge in [-0.2, -0.15) is 0 Å². The zero-order valence-corrected chi connectivity index (χ0v) is 18.9. The molecule has 0 aliphatic carbocycles. The molecule has 12 heteroatoms. The van der Waals surface area contributed by atoms with Gasteiger partial charge in [0.15, 0.2) is 0 Å². The minimum Gasteiger partial charge on any atom is -0.444 e. The van der Waals surface area contributed by atoms with E-state index >= 15 is 0 Å². The van der Waals surface area contributed by atoms with Crippen molar-refractivity contribution in [3.05, 3.63) is 10.4 Å². The number of carbonyl (C=O) groups is 2. The molecule has 0 aromatic rings. The quantitative estimate of drug-likeness (QED) is 0.132. The highest BCUT2D eigenvalue weighted by molar-refractivity contribution is 5.75. The van der Waals surface area contributed by atoms with Crippen LogP contribution in [0.15, 0.2) is 5.11 Å². The SMILES string of the molecule is CC(C)(C)OC(=O)NCCCNC(=O)CCOCCOCCOCCOCCN=[N+]=[N-]. The molecule has 0 saturated carbocycles. The summed E-state index contributed by atoms with van der Waals surface area (Å²) in [6, 6.07) is 0. The van der Waals surface area contributed by atoms with Crippen LogP contribution >= 0.6 is 0 Å². The number of alkyl carbamates (subject to hydrolysis) is 1. The molecule has 0 aliphatic rings. The molecule has 180 valence electrons. The van der Waals surface area contributed by atoms with Crippen LogP contribution in [0.2, 0.25) is 0 Å². The van der Waals surface area contributed by atoms with Crippen LogP contribution in [0.1, 0.15) is 33.6 Å². The Hall–Kier alpha value is -2.11. The average molecular weight is 448 g/mol. The van der Waals surface area contributed by atoms with Gasteiger partial charge in [-0.15, -0.1) is 0 Å². The topological polar surface area (TPSA) is 153 Å². The summed E-state index contributed by atoms with van der Waals surface area (Å²) in [7, 11) is 0. The predicted octanol–water partition coefficient (Wildman–Crippen LogP) is 1.78. The molecule has 2 amide bonds. The molecule has 0 aromatic carbocycles. The lowest BCUT2D eigenvalue weighted by molar-refractivity contribution is -0.122. The van der Waals surface area contributed by atoms with E-state index in [-0.39, 0.29) is 12.3 Å². The summed E-state index contributed by atoms with van der Waals surface area (Å²) in [5.41, 5.74) is 7.57. The second-order valence-corrected chi connectivity index (χ2v) is 7.29. The number of carbonyl (C=O) groups excluding carboxylic acids is 2. The van der Waals surface area contributed by atoms with Crippen molar-refractivity contribution in [1.29, 1.82) is 0 Å². The van der Waals surface area contributed by atoms with Crippen molar-refractivity contribution in [3.8, 4) is 0 Å². The zero-order valence-electron chi connectivity index (χ0n) is 18.9. The summed E-state index contributed by atoms with van der Waals surface area (Å²) in [4.78, 5) is 25.8. The molecular formula is C19H37N5O7. The van der Waals surface area contributed by atoms with Crippen LogP contribution in [0.5, 0.6) is 0 Å². The molecule has 0 radical (unpaired) electrons. The Balaban J connectivity index is 3.29. The molecule has 0 heterocycles. The lowest BCUT2D eigenvalue weighted by Gasteiger charge is -2.19. The highest BCUT2D eigenvalue weighted by Crippen LogP contribution is 2.06. The van der Waals surface area contributed by atoms with Gasteiger partial charge in [-0.25, -0.2) is 4.79 Å². The number of azide groups is 1. The highest BCUT2D eigenvalue weighted by atomic mass is 16.6. The third-order valence-corrected chi connectivity index (χ3v) is 3.33. The first kappa shape index (κ1) is 28.9. The number of rotatable bonds is 19. The molecule has 0 saturated heterocycles. The predicted molar refractivity (Wildman–Crippen MR) is 114 cm³/mol. The standard InChI is InChI=1S/C19H37N5O7/c1-19(2,3)31-18(26)22-7-4-6-21-17(25)5-9-27-11-13-29-15-16-30-14-12-28-10-8-23-24-20/h4-16H2,1-3H3,(H,21,25)(H,22,26). The molecule has 12 nitrogen and oxygen atoms in total. The first-order valence-electron chi connectivity index (χ1n) is 10.4. The van der Waals surface area contributed by atoms with Crippen LogP contribution in [0.4, 0.5) is 4.79 Å². The minimum absolute atomic E-state index is 0.103. The van der Waals surface area contributed by atoms with E-state index in [1.54, 1.807) is 20.8 Å². The lowest BCUT2D eigenvalue weighted by atomic mass is 10.2. The van der Waals surface area contributed by atoms with Gasteiger partial charge < -0.3 is 34.3 Å². The number of nitrogens with one attached hydrogen (secondary N) is 2. The van der Waals surface area contributed by atoms with E-state index < -0.39 is 11.7 Å². The fourth-order valence-electron chi connectivity index (χ4n) is 1.99. The third kappa shape index (κ3) is 24.0. The molecule has 0 fully saturated rings. The second-order valence-electron chi connectivity index (χ2n) is 7.29. The molecule has 0 atom stereocenters. The van der Waals surface area contributed by atoms with Crippen molar-refractivity contribution in [2.45, 2.75) is 39.2 Å². The summed E-state index contributed by atoms with van der Waals surface area (Å²) in [5, 5.41) is 8.75. The first-order valence-corrected chi connectivity index (χ1v) is 10.4. The van der Waals surface area contributed by atoms with Crippen LogP contribution in [-0.2, 0) is 28.5 Å². The Morgan fingerprint density at radius 3 is 1.90 bits per heavy atom. The molecule has 0 spiro atoms. The smallest absolute Gasteiger partial charge is 0.407 e. The first-order chi connectivity index (χ1) is 14.8. The maximum Gasteiger partial charge on any atom is 0.407 e. The fraction of sp³-hybridized carbons (Fsp3) is 0.895. The summed E-state index contributed by atoms with van der Waals surface area (Å²) >= 11 is 0. The molecule has 0 rings (SSSR count). The monoisotopic (exact) mass is 447 g/mol. The summed E-state index contributed by atoms with van der Waals surface area (Å²) in [6.45, 7) is 9.90. The zero-order chi connectivity index (χ0) is 23.2. The maximum atomic E-state index is 11.7. The normalized spacial score (nSPS) is 10.9. The Bertz CT molecular complexity index is 522. The summed E-state index contributed by atoms with van der Waals surface area (Å²) in [5.74, 6) is -0.103. The van der Waals surface area contributed by atoms with E-state index in [9.17, 15) is 9.59 Å². The van der Waals surface area contributed by atoms with Gasteiger partial charge in [-0.05, 0) is 32.7 Å². The molecular weight excluding hydrogens is 410 g/mol. The third-order valence-electron chi connectivity index (χ3n) is 3.33. The van der Waals surface area contributed by atoms with Gasteiger partial charge in [0.2, 0.25) is 5.91 Å². The van der Waals surface area contributed by atoms with Gasteiger partial charge in [-0.1, -0.05) is 5.11 Å². The van der Waals surface area contributed by atoms with Crippen molar-refractivity contribution >= 4 is 12.0 Å². The maximum absolute atomic E-state index is 11.7. The van der Waals surface area contributed by atoms with E-state index in [1.165, 1.54) is 0 Å². The second kappa shape index (κ2) is 19.8. The van der Waals surface area contributed by atoms with Crippen molar-refractivity contribution in [2.24, 2.45) is 5.11 Å². The number of hydrogen-bond acceptors (Lipinski definition) is 8. The largest absolute Gasteiger partial charge is 0.444 e. The highest BCUT2D eigenvalue weighted by Gasteiger charge is 2.15. The van der Waals surface area contributed by atoms with Crippen molar-refractivity contribution in [3.63, 3.8) is 0 Å². The number of nitrogens with zero attached hydrogens (tertiary/aromatic N) is 3. The minimum atomic E-state index is -0.525. The van der Waals surface area contributed by atoms with Crippen LogP contribution in [0, 0.1) is 0 Å². The van der Waals surface area contributed by atoms with Gasteiger partial charge in [-0.3, -0.25) is 4.79 Å². The van der Waals surface area contributed by atoms with Crippen LogP contribution < -0.4 is 10.6 Å². The van der Waals surface area contributed by atoms with E-state index in [0.29, 0.717) is 78.9 Å². The fourth-order valence-corrected chi connectivity index (χ4v) is 1.99. The van der Waals surface area contributed by atoms with Gasteiger partial charge in [0.05, 0.1) is 52.9 Å². The number of amides is 2. The van der Waals surface area contributed by atoms with Crippen LogP contribution in [0.25, 0.3) is 10.4 Å².